The van der Waals surface area contributed by atoms with Gasteiger partial charge in [0.15, 0.2) is 17.8 Å². The molecule has 0 saturated heterocycles. The summed E-state index contributed by atoms with van der Waals surface area (Å²) < 4.78 is 16.3. The molecule has 0 aromatic heterocycles. The Morgan fingerprint density at radius 3 is 2.47 bits per heavy atom. The van der Waals surface area contributed by atoms with Crippen molar-refractivity contribution >= 4 is 0 Å². The van der Waals surface area contributed by atoms with Gasteiger partial charge in [-0.05, 0) is 32.9 Å². The van der Waals surface area contributed by atoms with Gasteiger partial charge in [-0.1, -0.05) is 12.1 Å². The second-order valence-corrected chi connectivity index (χ2v) is 3.47. The van der Waals surface area contributed by atoms with Gasteiger partial charge < -0.3 is 14.2 Å². The average molecular weight is 235 g/mol. The molecule has 2 unspecified atom stereocenters. The van der Waals surface area contributed by atoms with Crippen LogP contribution in [0.5, 0.6) is 11.5 Å². The van der Waals surface area contributed by atoms with Gasteiger partial charge in [-0.25, -0.2) is 0 Å². The summed E-state index contributed by atoms with van der Waals surface area (Å²) in [5, 5.41) is 8.63. The third-order valence-corrected chi connectivity index (χ3v) is 2.02. The lowest BCUT2D eigenvalue weighted by atomic mass is 10.3. The third-order valence-electron chi connectivity index (χ3n) is 2.02. The van der Waals surface area contributed by atoms with Crippen LogP contribution in [0, 0.1) is 11.3 Å². The summed E-state index contributed by atoms with van der Waals surface area (Å²) in [6.45, 7) is 5.91. The fourth-order valence-electron chi connectivity index (χ4n) is 1.35. The van der Waals surface area contributed by atoms with Gasteiger partial charge in [0.1, 0.15) is 6.10 Å². The average Bonchev–Trinajstić information content (AvgIpc) is 2.31. The van der Waals surface area contributed by atoms with Crippen LogP contribution in [-0.4, -0.2) is 19.0 Å². The number of nitrogens with zero attached hydrogens (tertiary/aromatic N) is 1. The molecule has 0 amide bonds. The van der Waals surface area contributed by atoms with Gasteiger partial charge in [0, 0.05) is 0 Å². The Bertz CT molecular complexity index is 386. The molecule has 17 heavy (non-hydrogen) atoms. The highest BCUT2D eigenvalue weighted by Crippen LogP contribution is 2.27. The van der Waals surface area contributed by atoms with Gasteiger partial charge >= 0.3 is 0 Å². The van der Waals surface area contributed by atoms with Gasteiger partial charge in [-0.15, -0.1) is 0 Å². The Kier molecular flexibility index (Phi) is 5.31. The van der Waals surface area contributed by atoms with Crippen LogP contribution in [0.15, 0.2) is 24.3 Å². The second kappa shape index (κ2) is 6.77. The predicted octanol–water partition coefficient (Wildman–Crippen LogP) is 2.74. The zero-order valence-corrected chi connectivity index (χ0v) is 10.3. The van der Waals surface area contributed by atoms with Gasteiger partial charge in [0.2, 0.25) is 0 Å². The summed E-state index contributed by atoms with van der Waals surface area (Å²) in [4.78, 5) is 0. The maximum absolute atomic E-state index is 8.63. The molecule has 0 bridgehead atoms. The largest absolute Gasteiger partial charge is 0.490 e. The van der Waals surface area contributed by atoms with Crippen molar-refractivity contribution in [3.05, 3.63) is 24.3 Å². The number of ether oxygens (including phenoxy) is 3. The Balaban J connectivity index is 2.64. The van der Waals surface area contributed by atoms with E-state index in [1.54, 1.807) is 13.8 Å². The summed E-state index contributed by atoms with van der Waals surface area (Å²) in [7, 11) is 0. The van der Waals surface area contributed by atoms with Gasteiger partial charge in [0.25, 0.3) is 0 Å². The molecule has 0 aliphatic rings. The maximum Gasteiger partial charge on any atom is 0.198 e. The van der Waals surface area contributed by atoms with Crippen LogP contribution in [0.2, 0.25) is 0 Å². The van der Waals surface area contributed by atoms with E-state index in [-0.39, 0.29) is 0 Å². The SMILES string of the molecule is CCOc1ccccc1OC(C)OC(C)C#N. The van der Waals surface area contributed by atoms with Crippen LogP contribution in [0.1, 0.15) is 20.8 Å². The normalized spacial score (nSPS) is 13.5. The minimum Gasteiger partial charge on any atom is -0.490 e. The topological polar surface area (TPSA) is 51.5 Å². The maximum atomic E-state index is 8.63. The Labute approximate surface area is 102 Å². The van der Waals surface area contributed by atoms with E-state index >= 15 is 0 Å². The molecule has 4 nitrogen and oxygen atoms in total. The summed E-state index contributed by atoms with van der Waals surface area (Å²) in [6, 6.07) is 9.36. The minimum atomic E-state index is -0.496. The van der Waals surface area contributed by atoms with Crippen LogP contribution >= 0.6 is 0 Å². The zero-order chi connectivity index (χ0) is 12.7. The van der Waals surface area contributed by atoms with Crippen LogP contribution < -0.4 is 9.47 Å². The van der Waals surface area contributed by atoms with Crippen LogP contribution in [-0.2, 0) is 4.74 Å². The van der Waals surface area contributed by atoms with Crippen molar-refractivity contribution in [2.45, 2.75) is 33.2 Å². The van der Waals surface area contributed by atoms with E-state index in [0.717, 1.165) is 0 Å². The highest BCUT2D eigenvalue weighted by Gasteiger charge is 2.11. The Morgan fingerprint density at radius 2 is 1.88 bits per heavy atom. The van der Waals surface area contributed by atoms with Crippen molar-refractivity contribution in [3.8, 4) is 17.6 Å². The van der Waals surface area contributed by atoms with E-state index in [4.69, 9.17) is 19.5 Å². The number of benzene rings is 1. The first kappa shape index (κ1) is 13.3. The van der Waals surface area contributed by atoms with Crippen LogP contribution in [0.25, 0.3) is 0 Å². The lowest BCUT2D eigenvalue weighted by molar-refractivity contribution is -0.0847. The first-order chi connectivity index (χ1) is 8.17. The van der Waals surface area contributed by atoms with E-state index in [1.807, 2.05) is 37.3 Å². The third kappa shape index (κ3) is 4.33. The fourth-order valence-corrected chi connectivity index (χ4v) is 1.35. The van der Waals surface area contributed by atoms with Gasteiger partial charge in [-0.3, -0.25) is 0 Å². The monoisotopic (exact) mass is 235 g/mol. The highest BCUT2D eigenvalue weighted by atomic mass is 16.7. The molecule has 0 aliphatic carbocycles. The highest BCUT2D eigenvalue weighted by molar-refractivity contribution is 5.39. The number of nitriles is 1. The standard InChI is InChI=1S/C13H17NO3/c1-4-15-12-7-5-6-8-13(12)17-11(3)16-10(2)9-14/h5-8,10-11H,4H2,1-3H3. The molecule has 0 aliphatic heterocycles. The molecular formula is C13H17NO3. The Hall–Kier alpha value is -1.73. The molecule has 0 saturated carbocycles. The molecule has 0 N–H and O–H groups in total. The van der Waals surface area contributed by atoms with Gasteiger partial charge in [-0.2, -0.15) is 5.26 Å². The molecule has 2 atom stereocenters. The van der Waals surface area contributed by atoms with Crippen LogP contribution in [0.4, 0.5) is 0 Å². The fraction of sp³-hybridized carbons (Fsp3) is 0.462. The molecule has 92 valence electrons. The summed E-state index contributed by atoms with van der Waals surface area (Å²) >= 11 is 0. The molecule has 0 fully saturated rings. The van der Waals surface area contributed by atoms with Gasteiger partial charge in [0.05, 0.1) is 12.7 Å². The van der Waals surface area contributed by atoms with Crippen molar-refractivity contribution in [1.82, 2.24) is 0 Å². The summed E-state index contributed by atoms with van der Waals surface area (Å²) in [5.41, 5.74) is 0. The van der Waals surface area contributed by atoms with E-state index in [1.165, 1.54) is 0 Å². The lowest BCUT2D eigenvalue weighted by Crippen LogP contribution is -2.21. The van der Waals surface area contributed by atoms with E-state index < -0.39 is 12.4 Å². The predicted molar refractivity (Wildman–Crippen MR) is 63.9 cm³/mol. The van der Waals surface area contributed by atoms with E-state index in [0.29, 0.717) is 18.1 Å². The van der Waals surface area contributed by atoms with Crippen LogP contribution in [0.3, 0.4) is 0 Å². The molecule has 0 heterocycles. The second-order valence-electron chi connectivity index (χ2n) is 3.47. The summed E-state index contributed by atoms with van der Waals surface area (Å²) in [6.07, 6.45) is -0.990. The quantitative estimate of drug-likeness (QED) is 0.711. The molecule has 0 radical (unpaired) electrons. The van der Waals surface area contributed by atoms with Crippen molar-refractivity contribution in [2.75, 3.05) is 6.61 Å². The first-order valence-corrected chi connectivity index (χ1v) is 5.61. The smallest absolute Gasteiger partial charge is 0.198 e. The molecule has 1 aromatic rings. The molecule has 1 aromatic carbocycles. The van der Waals surface area contributed by atoms with Crippen molar-refractivity contribution in [3.63, 3.8) is 0 Å². The molecule has 1 rings (SSSR count). The molecular weight excluding hydrogens is 218 g/mol. The Morgan fingerprint density at radius 1 is 1.24 bits per heavy atom. The first-order valence-electron chi connectivity index (χ1n) is 5.61. The zero-order valence-electron chi connectivity index (χ0n) is 10.3. The van der Waals surface area contributed by atoms with Crippen molar-refractivity contribution < 1.29 is 14.2 Å². The minimum absolute atomic E-state index is 0.494. The number of rotatable bonds is 6. The van der Waals surface area contributed by atoms with E-state index in [9.17, 15) is 0 Å². The number of hydrogen-bond acceptors (Lipinski definition) is 4. The van der Waals surface area contributed by atoms with Crippen molar-refractivity contribution in [2.24, 2.45) is 0 Å². The molecule has 4 heteroatoms. The van der Waals surface area contributed by atoms with Crippen molar-refractivity contribution in [1.29, 1.82) is 5.26 Å². The lowest BCUT2D eigenvalue weighted by Gasteiger charge is -2.18. The van der Waals surface area contributed by atoms with E-state index in [2.05, 4.69) is 0 Å². The number of para-hydroxylation sites is 2. The molecule has 0 spiro atoms. The summed E-state index contributed by atoms with van der Waals surface area (Å²) in [5.74, 6) is 1.29. The number of hydrogen-bond donors (Lipinski definition) is 0.